The van der Waals surface area contributed by atoms with Crippen molar-refractivity contribution in [1.29, 1.82) is 0 Å². The Balaban J connectivity index is 1.65. The average Bonchev–Trinajstić information content (AvgIpc) is 2.79. The van der Waals surface area contributed by atoms with Gasteiger partial charge in [-0.3, -0.25) is 10.7 Å². The van der Waals surface area contributed by atoms with Crippen LogP contribution in [0.1, 0.15) is 5.56 Å². The first-order chi connectivity index (χ1) is 8.31. The van der Waals surface area contributed by atoms with Gasteiger partial charge in [-0.1, -0.05) is 6.07 Å². The van der Waals surface area contributed by atoms with Gasteiger partial charge in [0.15, 0.2) is 11.5 Å². The first-order valence-corrected chi connectivity index (χ1v) is 5.92. The van der Waals surface area contributed by atoms with Crippen LogP contribution >= 0.6 is 0 Å². The van der Waals surface area contributed by atoms with Crippen LogP contribution in [0.15, 0.2) is 18.2 Å². The summed E-state index contributed by atoms with van der Waals surface area (Å²) in [6, 6.07) is 6.15. The Morgan fingerprint density at radius 3 is 2.65 bits per heavy atom. The van der Waals surface area contributed by atoms with E-state index in [0.29, 0.717) is 6.79 Å². The molecule has 2 aliphatic heterocycles. The lowest BCUT2D eigenvalue weighted by molar-refractivity contribution is 0.128. The summed E-state index contributed by atoms with van der Waals surface area (Å²) in [5.41, 5.74) is 1.26. The molecular formula is C12H17N3O2. The topological polar surface area (TPSA) is 51.0 Å². The summed E-state index contributed by atoms with van der Waals surface area (Å²) < 4.78 is 10.7. The monoisotopic (exact) mass is 235 g/mol. The summed E-state index contributed by atoms with van der Waals surface area (Å²) in [6.45, 7) is 5.19. The highest BCUT2D eigenvalue weighted by molar-refractivity contribution is 5.44. The Morgan fingerprint density at radius 1 is 1.06 bits per heavy atom. The predicted octanol–water partition coefficient (Wildman–Crippen LogP) is 0.407. The van der Waals surface area contributed by atoms with Crippen LogP contribution in [0.5, 0.6) is 11.5 Å². The third kappa shape index (κ3) is 2.36. The number of hydrogen-bond acceptors (Lipinski definition) is 5. The molecule has 0 radical (unpaired) electrons. The normalized spacial score (nSPS) is 20.8. The third-order valence-electron chi connectivity index (χ3n) is 3.25. The number of hydrazine groups is 1. The first kappa shape index (κ1) is 10.8. The van der Waals surface area contributed by atoms with Gasteiger partial charge in [-0.15, -0.1) is 0 Å². The SMILES string of the molecule is NN1CCN(Cc2ccc3c(c2)OCO3)CC1. The van der Waals surface area contributed by atoms with E-state index in [0.717, 1.165) is 44.2 Å². The highest BCUT2D eigenvalue weighted by Gasteiger charge is 2.17. The lowest BCUT2D eigenvalue weighted by Gasteiger charge is -2.31. The molecule has 5 nitrogen and oxygen atoms in total. The van der Waals surface area contributed by atoms with E-state index in [9.17, 15) is 0 Å². The molecule has 0 aromatic heterocycles. The van der Waals surface area contributed by atoms with Crippen molar-refractivity contribution < 1.29 is 9.47 Å². The molecule has 0 unspecified atom stereocenters. The second kappa shape index (κ2) is 4.52. The summed E-state index contributed by atoms with van der Waals surface area (Å²) in [6.07, 6.45) is 0. The molecule has 0 amide bonds. The van der Waals surface area contributed by atoms with Gasteiger partial charge in [-0.05, 0) is 17.7 Å². The van der Waals surface area contributed by atoms with Crippen LogP contribution in [-0.4, -0.2) is 42.9 Å². The summed E-state index contributed by atoms with van der Waals surface area (Å²) in [5, 5.41) is 1.87. The van der Waals surface area contributed by atoms with Crippen molar-refractivity contribution in [1.82, 2.24) is 9.91 Å². The Kier molecular flexibility index (Phi) is 2.88. The van der Waals surface area contributed by atoms with Crippen molar-refractivity contribution in [2.24, 2.45) is 5.84 Å². The molecule has 92 valence electrons. The molecule has 1 aromatic rings. The highest BCUT2D eigenvalue weighted by atomic mass is 16.7. The van der Waals surface area contributed by atoms with Gasteiger partial charge in [-0.25, -0.2) is 5.01 Å². The summed E-state index contributed by atoms with van der Waals surface area (Å²) in [4.78, 5) is 2.40. The Labute approximate surface area is 101 Å². The minimum Gasteiger partial charge on any atom is -0.454 e. The van der Waals surface area contributed by atoms with E-state index in [1.807, 2.05) is 11.1 Å². The maximum absolute atomic E-state index is 5.73. The van der Waals surface area contributed by atoms with E-state index in [1.54, 1.807) is 0 Å². The number of fused-ring (bicyclic) bond motifs is 1. The van der Waals surface area contributed by atoms with Crippen LogP contribution in [0.3, 0.4) is 0 Å². The van der Waals surface area contributed by atoms with E-state index >= 15 is 0 Å². The number of nitrogens with two attached hydrogens (primary N) is 1. The Morgan fingerprint density at radius 2 is 1.82 bits per heavy atom. The van der Waals surface area contributed by atoms with Crippen LogP contribution in [0.4, 0.5) is 0 Å². The Hall–Kier alpha value is -1.30. The standard InChI is InChI=1S/C12H17N3O2/c13-15-5-3-14(4-6-15)8-10-1-2-11-12(7-10)17-9-16-11/h1-2,7H,3-6,8-9,13H2. The summed E-state index contributed by atoms with van der Waals surface area (Å²) in [7, 11) is 0. The third-order valence-corrected chi connectivity index (χ3v) is 3.25. The molecule has 0 spiro atoms. The van der Waals surface area contributed by atoms with Crippen molar-refractivity contribution >= 4 is 0 Å². The molecule has 0 saturated carbocycles. The van der Waals surface area contributed by atoms with E-state index in [4.69, 9.17) is 15.3 Å². The number of benzene rings is 1. The fourth-order valence-corrected chi connectivity index (χ4v) is 2.22. The van der Waals surface area contributed by atoms with Gasteiger partial charge in [0.1, 0.15) is 0 Å². The zero-order valence-electron chi connectivity index (χ0n) is 9.76. The zero-order chi connectivity index (χ0) is 11.7. The smallest absolute Gasteiger partial charge is 0.231 e. The zero-order valence-corrected chi connectivity index (χ0v) is 9.76. The van der Waals surface area contributed by atoms with Crippen LogP contribution in [0.25, 0.3) is 0 Å². The molecule has 0 bridgehead atoms. The van der Waals surface area contributed by atoms with E-state index in [-0.39, 0.29) is 0 Å². The quantitative estimate of drug-likeness (QED) is 0.752. The fourth-order valence-electron chi connectivity index (χ4n) is 2.22. The molecule has 3 rings (SSSR count). The molecule has 1 fully saturated rings. The molecule has 2 N–H and O–H groups in total. The molecule has 2 aliphatic rings. The minimum absolute atomic E-state index is 0.338. The molecule has 1 aromatic carbocycles. The lowest BCUT2D eigenvalue weighted by Crippen LogP contribution is -2.48. The van der Waals surface area contributed by atoms with Crippen LogP contribution in [-0.2, 0) is 6.54 Å². The molecule has 0 atom stereocenters. The van der Waals surface area contributed by atoms with Crippen LogP contribution in [0.2, 0.25) is 0 Å². The molecule has 5 heteroatoms. The number of piperazine rings is 1. The van der Waals surface area contributed by atoms with Crippen LogP contribution in [0, 0.1) is 0 Å². The van der Waals surface area contributed by atoms with Gasteiger partial charge in [0.25, 0.3) is 0 Å². The van der Waals surface area contributed by atoms with Gasteiger partial charge in [0.2, 0.25) is 6.79 Å². The van der Waals surface area contributed by atoms with Gasteiger partial charge in [-0.2, -0.15) is 0 Å². The maximum Gasteiger partial charge on any atom is 0.231 e. The van der Waals surface area contributed by atoms with Crippen molar-refractivity contribution in [3.05, 3.63) is 23.8 Å². The second-order valence-corrected chi connectivity index (χ2v) is 4.50. The minimum atomic E-state index is 0.338. The predicted molar refractivity (Wildman–Crippen MR) is 63.6 cm³/mol. The van der Waals surface area contributed by atoms with E-state index in [2.05, 4.69) is 17.0 Å². The molecule has 17 heavy (non-hydrogen) atoms. The average molecular weight is 235 g/mol. The van der Waals surface area contributed by atoms with Crippen molar-refractivity contribution in [3.8, 4) is 11.5 Å². The molecule has 0 aliphatic carbocycles. The van der Waals surface area contributed by atoms with Gasteiger partial charge in [0, 0.05) is 32.7 Å². The van der Waals surface area contributed by atoms with Gasteiger partial charge >= 0.3 is 0 Å². The number of nitrogens with zero attached hydrogens (tertiary/aromatic N) is 2. The number of hydrogen-bond donors (Lipinski definition) is 1. The largest absolute Gasteiger partial charge is 0.454 e. The maximum atomic E-state index is 5.73. The summed E-state index contributed by atoms with van der Waals surface area (Å²) >= 11 is 0. The van der Waals surface area contributed by atoms with Gasteiger partial charge < -0.3 is 9.47 Å². The van der Waals surface area contributed by atoms with E-state index in [1.165, 1.54) is 5.56 Å². The van der Waals surface area contributed by atoms with Gasteiger partial charge in [0.05, 0.1) is 0 Å². The summed E-state index contributed by atoms with van der Waals surface area (Å²) in [5.74, 6) is 7.44. The highest BCUT2D eigenvalue weighted by Crippen LogP contribution is 2.32. The molecule has 2 heterocycles. The lowest BCUT2D eigenvalue weighted by atomic mass is 10.2. The number of rotatable bonds is 2. The molecular weight excluding hydrogens is 218 g/mol. The first-order valence-electron chi connectivity index (χ1n) is 5.92. The van der Waals surface area contributed by atoms with Crippen molar-refractivity contribution in [2.75, 3.05) is 33.0 Å². The second-order valence-electron chi connectivity index (χ2n) is 4.50. The fraction of sp³-hybridized carbons (Fsp3) is 0.500. The van der Waals surface area contributed by atoms with Crippen LogP contribution < -0.4 is 15.3 Å². The Bertz CT molecular complexity index is 403. The number of ether oxygens (including phenoxy) is 2. The molecule has 1 saturated heterocycles. The van der Waals surface area contributed by atoms with Crippen molar-refractivity contribution in [2.45, 2.75) is 6.54 Å². The van der Waals surface area contributed by atoms with E-state index < -0.39 is 0 Å². The van der Waals surface area contributed by atoms with Crippen molar-refractivity contribution in [3.63, 3.8) is 0 Å².